The number of hydrogen-bond donors (Lipinski definition) is 1. The van der Waals surface area contributed by atoms with Crippen molar-refractivity contribution in [3.8, 4) is 36.4 Å². The van der Waals surface area contributed by atoms with E-state index >= 15 is 0 Å². The van der Waals surface area contributed by atoms with Crippen molar-refractivity contribution in [3.63, 3.8) is 0 Å². The standard InChI is InChI=1S/C20H8N12/c1-10(5-22)28-19-17(27-3-2-21)11-4-12(30-14(7-24)13(6-23)29-11)18-20(19)32-16(9-26)15(8-25)31-18/h3,16,32H,4H2,1H3/b27-3+,28-10+. The third kappa shape index (κ3) is 3.63. The van der Waals surface area contributed by atoms with Crippen LogP contribution in [0.2, 0.25) is 0 Å². The molecule has 0 aromatic rings. The molecule has 1 aliphatic carbocycles. The zero-order chi connectivity index (χ0) is 23.3. The summed E-state index contributed by atoms with van der Waals surface area (Å²) in [6, 6.07) is 9.87. The summed E-state index contributed by atoms with van der Waals surface area (Å²) in [5.74, 6) is 0. The normalized spacial score (nSPS) is 19.9. The van der Waals surface area contributed by atoms with E-state index in [9.17, 15) is 26.3 Å². The van der Waals surface area contributed by atoms with Crippen LogP contribution in [0.3, 0.4) is 0 Å². The van der Waals surface area contributed by atoms with Crippen LogP contribution in [0.1, 0.15) is 13.3 Å². The summed E-state index contributed by atoms with van der Waals surface area (Å²) in [5.41, 5.74) is -0.132. The molecule has 32 heavy (non-hydrogen) atoms. The number of fused-ring (bicyclic) bond motifs is 3. The van der Waals surface area contributed by atoms with Crippen molar-refractivity contribution in [2.75, 3.05) is 0 Å². The summed E-state index contributed by atoms with van der Waals surface area (Å²) in [7, 11) is 0. The van der Waals surface area contributed by atoms with Gasteiger partial charge in [0.2, 0.25) is 0 Å². The molecule has 0 amide bonds. The monoisotopic (exact) mass is 416 g/mol. The molecule has 1 atom stereocenters. The molecular weight excluding hydrogens is 408 g/mol. The number of nitrogens with zero attached hydrogens (tertiary/aromatic N) is 11. The lowest BCUT2D eigenvalue weighted by molar-refractivity contribution is 0.788. The van der Waals surface area contributed by atoms with E-state index in [1.54, 1.807) is 18.2 Å². The molecule has 0 saturated carbocycles. The zero-order valence-corrected chi connectivity index (χ0v) is 16.3. The minimum Gasteiger partial charge on any atom is -0.361 e. The highest BCUT2D eigenvalue weighted by Crippen LogP contribution is 2.38. The average Bonchev–Trinajstić information content (AvgIpc) is 3.07. The summed E-state index contributed by atoms with van der Waals surface area (Å²) in [4.78, 5) is 21.1. The molecule has 2 heterocycles. The van der Waals surface area contributed by atoms with Gasteiger partial charge in [-0.1, -0.05) is 0 Å². The van der Waals surface area contributed by atoms with E-state index in [1.165, 1.54) is 6.92 Å². The van der Waals surface area contributed by atoms with E-state index in [0.29, 0.717) is 0 Å². The molecule has 148 valence electrons. The third-order valence-electron chi connectivity index (χ3n) is 4.24. The number of nitrogens with one attached hydrogen (secondary N) is 1. The third-order valence-corrected chi connectivity index (χ3v) is 4.24. The maximum absolute atomic E-state index is 9.47. The van der Waals surface area contributed by atoms with E-state index in [2.05, 4.69) is 30.3 Å². The lowest BCUT2D eigenvalue weighted by Crippen LogP contribution is -2.39. The summed E-state index contributed by atoms with van der Waals surface area (Å²) >= 11 is 0. The van der Waals surface area contributed by atoms with Crippen LogP contribution in [0.15, 0.2) is 59.1 Å². The predicted octanol–water partition coefficient (Wildman–Crippen LogP) is 1.01. The summed E-state index contributed by atoms with van der Waals surface area (Å²) in [6.07, 6.45) is 0.844. The van der Waals surface area contributed by atoms with Crippen molar-refractivity contribution in [2.24, 2.45) is 25.0 Å². The Morgan fingerprint density at radius 2 is 1.66 bits per heavy atom. The van der Waals surface area contributed by atoms with E-state index in [1.807, 2.05) is 18.2 Å². The molecule has 1 unspecified atom stereocenters. The van der Waals surface area contributed by atoms with Crippen molar-refractivity contribution in [3.05, 3.63) is 34.2 Å². The lowest BCUT2D eigenvalue weighted by Gasteiger charge is -2.23. The van der Waals surface area contributed by atoms with Gasteiger partial charge in [0.25, 0.3) is 0 Å². The van der Waals surface area contributed by atoms with E-state index in [0.717, 1.165) is 6.21 Å². The fourth-order valence-corrected chi connectivity index (χ4v) is 2.92. The van der Waals surface area contributed by atoms with Crippen molar-refractivity contribution in [2.45, 2.75) is 19.4 Å². The zero-order valence-electron chi connectivity index (χ0n) is 16.3. The first-order valence-corrected chi connectivity index (χ1v) is 8.72. The molecule has 3 rings (SSSR count). The predicted molar refractivity (Wildman–Crippen MR) is 110 cm³/mol. The molecule has 3 aliphatic rings. The van der Waals surface area contributed by atoms with Gasteiger partial charge in [-0.15, -0.1) is 0 Å². The van der Waals surface area contributed by atoms with Crippen LogP contribution in [0.25, 0.3) is 0 Å². The Morgan fingerprint density at radius 1 is 0.969 bits per heavy atom. The van der Waals surface area contributed by atoms with Gasteiger partial charge >= 0.3 is 0 Å². The first-order chi connectivity index (χ1) is 15.5. The van der Waals surface area contributed by atoms with Crippen LogP contribution in [-0.4, -0.2) is 35.1 Å². The molecule has 0 aromatic heterocycles. The largest absolute Gasteiger partial charge is 0.361 e. The van der Waals surface area contributed by atoms with Gasteiger partial charge in [-0.3, -0.25) is 0 Å². The van der Waals surface area contributed by atoms with Gasteiger partial charge in [-0.05, 0) is 6.92 Å². The summed E-state index contributed by atoms with van der Waals surface area (Å²) in [5, 5.41) is 58.9. The molecule has 2 aliphatic heterocycles. The van der Waals surface area contributed by atoms with Crippen molar-refractivity contribution >= 4 is 29.1 Å². The lowest BCUT2D eigenvalue weighted by atomic mass is 10.1. The molecule has 2 bridgehead atoms. The van der Waals surface area contributed by atoms with Crippen molar-refractivity contribution in [1.82, 2.24) is 5.32 Å². The summed E-state index contributed by atoms with van der Waals surface area (Å²) < 4.78 is 0. The van der Waals surface area contributed by atoms with Gasteiger partial charge in [0.1, 0.15) is 59.4 Å². The Bertz CT molecular complexity index is 1430. The highest BCUT2D eigenvalue weighted by Gasteiger charge is 2.34. The maximum atomic E-state index is 9.47. The van der Waals surface area contributed by atoms with Crippen LogP contribution in [0.5, 0.6) is 0 Å². The van der Waals surface area contributed by atoms with Gasteiger partial charge in [-0.25, -0.2) is 25.0 Å². The van der Waals surface area contributed by atoms with E-state index in [-0.39, 0.29) is 63.4 Å². The van der Waals surface area contributed by atoms with Gasteiger partial charge in [0, 0.05) is 6.42 Å². The van der Waals surface area contributed by atoms with E-state index in [4.69, 9.17) is 5.26 Å². The van der Waals surface area contributed by atoms with Crippen LogP contribution in [-0.2, 0) is 0 Å². The summed E-state index contributed by atoms with van der Waals surface area (Å²) in [6.45, 7) is 1.43. The van der Waals surface area contributed by atoms with Crippen molar-refractivity contribution < 1.29 is 0 Å². The van der Waals surface area contributed by atoms with Crippen LogP contribution in [0, 0.1) is 68.0 Å². The minimum absolute atomic E-state index is 0.0191. The second-order valence-corrected chi connectivity index (χ2v) is 6.15. The van der Waals surface area contributed by atoms with Gasteiger partial charge in [0.05, 0.1) is 23.2 Å². The number of aliphatic imine (C=N–C) groups is 5. The smallest absolute Gasteiger partial charge is 0.177 e. The quantitative estimate of drug-likeness (QED) is 0.643. The molecule has 0 radical (unpaired) electrons. The van der Waals surface area contributed by atoms with Crippen LogP contribution >= 0.6 is 0 Å². The fraction of sp³-hybridized carbons (Fsp3) is 0.150. The van der Waals surface area contributed by atoms with Gasteiger partial charge in [-0.2, -0.15) is 31.6 Å². The van der Waals surface area contributed by atoms with E-state index < -0.39 is 6.04 Å². The van der Waals surface area contributed by atoms with Gasteiger partial charge < -0.3 is 5.32 Å². The molecule has 0 aromatic carbocycles. The molecule has 1 N–H and O–H groups in total. The first kappa shape index (κ1) is 21.0. The van der Waals surface area contributed by atoms with Gasteiger partial charge in [0.15, 0.2) is 23.2 Å². The maximum Gasteiger partial charge on any atom is 0.177 e. The minimum atomic E-state index is -1.13. The highest BCUT2D eigenvalue weighted by atomic mass is 15.1. The molecule has 0 fully saturated rings. The SMILES string of the molecule is C/C(C#N)=N\C1=C2NC(C#N)C(C#N)=NC2=C2CC(=C1/N=C/C#N)N=C(C#N)C(C#N)=N2. The van der Waals surface area contributed by atoms with Crippen LogP contribution < -0.4 is 5.32 Å². The number of hydrogen-bond acceptors (Lipinski definition) is 12. The molecular formula is C20H8N12. The first-order valence-electron chi connectivity index (χ1n) is 8.72. The Hall–Kier alpha value is -5.69. The molecule has 12 nitrogen and oxygen atoms in total. The highest BCUT2D eigenvalue weighted by molar-refractivity contribution is 6.53. The second-order valence-electron chi connectivity index (χ2n) is 6.15. The Kier molecular flexibility index (Phi) is 5.76. The van der Waals surface area contributed by atoms with Crippen molar-refractivity contribution in [1.29, 1.82) is 31.6 Å². The number of nitriles is 6. The number of rotatable bonds is 2. The second kappa shape index (κ2) is 8.76. The topological polar surface area (TPSA) is 217 Å². The Labute approximate surface area is 181 Å². The average molecular weight is 416 g/mol. The van der Waals surface area contributed by atoms with Crippen LogP contribution in [0.4, 0.5) is 0 Å². The molecule has 12 heteroatoms. The Balaban J connectivity index is 2.56. The Morgan fingerprint density at radius 3 is 2.22 bits per heavy atom. The molecule has 0 saturated heterocycles. The molecule has 0 spiro atoms. The fourth-order valence-electron chi connectivity index (χ4n) is 2.92.